The van der Waals surface area contributed by atoms with Crippen molar-refractivity contribution in [3.05, 3.63) is 52.9 Å². The lowest BCUT2D eigenvalue weighted by Gasteiger charge is -2.13. The number of benzene rings is 1. The topological polar surface area (TPSA) is 93.3 Å². The summed E-state index contributed by atoms with van der Waals surface area (Å²) < 4.78 is 12.5. The number of aromatic nitrogens is 1. The molecule has 1 amide bonds. The maximum absolute atomic E-state index is 12.5. The zero-order valence-corrected chi connectivity index (χ0v) is 17.6. The van der Waals surface area contributed by atoms with Gasteiger partial charge in [0.15, 0.2) is 6.10 Å². The SMILES string of the molecule is COc1ccc(NC(=O)[C@H](C)OC(=O)/C(C#N)=C/c2cc(C)n(C3CC3)c2C)cc1. The summed E-state index contributed by atoms with van der Waals surface area (Å²) in [6.45, 7) is 5.45. The number of nitriles is 1. The van der Waals surface area contributed by atoms with Gasteiger partial charge >= 0.3 is 5.97 Å². The van der Waals surface area contributed by atoms with Gasteiger partial charge in [-0.15, -0.1) is 0 Å². The van der Waals surface area contributed by atoms with Crippen LogP contribution in [0.5, 0.6) is 5.75 Å². The molecule has 30 heavy (non-hydrogen) atoms. The molecule has 1 N–H and O–H groups in total. The Bertz CT molecular complexity index is 1020. The third-order valence-corrected chi connectivity index (χ3v) is 5.09. The van der Waals surface area contributed by atoms with Crippen LogP contribution >= 0.6 is 0 Å². The Balaban J connectivity index is 1.67. The molecule has 0 saturated heterocycles. The molecule has 1 aliphatic carbocycles. The van der Waals surface area contributed by atoms with E-state index >= 15 is 0 Å². The van der Waals surface area contributed by atoms with E-state index in [1.807, 2.05) is 26.0 Å². The number of rotatable bonds is 7. The van der Waals surface area contributed by atoms with Crippen molar-refractivity contribution < 1.29 is 19.1 Å². The zero-order chi connectivity index (χ0) is 21.8. The third-order valence-electron chi connectivity index (χ3n) is 5.09. The Labute approximate surface area is 175 Å². The van der Waals surface area contributed by atoms with Crippen LogP contribution in [0.2, 0.25) is 0 Å². The van der Waals surface area contributed by atoms with Gasteiger partial charge in [-0.2, -0.15) is 5.26 Å². The minimum atomic E-state index is -1.06. The second-order valence-electron chi connectivity index (χ2n) is 7.36. The van der Waals surface area contributed by atoms with Crippen LogP contribution in [0.15, 0.2) is 35.9 Å². The minimum absolute atomic E-state index is 0.143. The van der Waals surface area contributed by atoms with E-state index in [0.29, 0.717) is 17.5 Å². The number of carbonyl (C=O) groups is 2. The van der Waals surface area contributed by atoms with E-state index < -0.39 is 18.0 Å². The van der Waals surface area contributed by atoms with Gasteiger partial charge in [0, 0.05) is 23.1 Å². The molecule has 1 aromatic carbocycles. The summed E-state index contributed by atoms with van der Waals surface area (Å²) in [7, 11) is 1.55. The maximum atomic E-state index is 12.5. The number of ether oxygens (including phenoxy) is 2. The standard InChI is InChI=1S/C23H25N3O4/c1-14-11-17(15(2)26(14)20-7-8-20)12-18(13-24)23(28)30-16(3)22(27)25-19-5-9-21(29-4)10-6-19/h5-6,9-12,16,20H,7-8H2,1-4H3,(H,25,27)/b18-12+/t16-/m0/s1. The Morgan fingerprint density at radius 3 is 2.50 bits per heavy atom. The summed E-state index contributed by atoms with van der Waals surface area (Å²) in [5.41, 5.74) is 3.32. The lowest BCUT2D eigenvalue weighted by atomic mass is 10.1. The van der Waals surface area contributed by atoms with E-state index in [0.717, 1.165) is 29.8 Å². The highest BCUT2D eigenvalue weighted by molar-refractivity contribution is 6.01. The fraction of sp³-hybridized carbons (Fsp3) is 0.348. The largest absolute Gasteiger partial charge is 0.497 e. The van der Waals surface area contributed by atoms with Crippen LogP contribution in [-0.4, -0.2) is 29.7 Å². The summed E-state index contributed by atoms with van der Waals surface area (Å²) >= 11 is 0. The molecule has 1 aliphatic rings. The molecule has 1 saturated carbocycles. The first-order valence-corrected chi connectivity index (χ1v) is 9.80. The molecule has 7 heteroatoms. The molecule has 156 valence electrons. The van der Waals surface area contributed by atoms with Crippen molar-refractivity contribution in [2.45, 2.75) is 45.8 Å². The molecule has 2 aromatic rings. The second kappa shape index (κ2) is 8.87. The van der Waals surface area contributed by atoms with Gasteiger partial charge in [-0.1, -0.05) is 0 Å². The second-order valence-corrected chi connectivity index (χ2v) is 7.36. The molecule has 0 spiro atoms. The number of methoxy groups -OCH3 is 1. The summed E-state index contributed by atoms with van der Waals surface area (Å²) in [6.07, 6.45) is 2.76. The van der Waals surface area contributed by atoms with E-state index in [9.17, 15) is 14.9 Å². The van der Waals surface area contributed by atoms with Crippen molar-refractivity contribution in [2.24, 2.45) is 0 Å². The number of carbonyl (C=O) groups excluding carboxylic acids is 2. The van der Waals surface area contributed by atoms with Gasteiger partial charge in [0.1, 0.15) is 17.4 Å². The number of hydrogen-bond donors (Lipinski definition) is 1. The van der Waals surface area contributed by atoms with E-state index in [1.165, 1.54) is 13.0 Å². The molecular formula is C23H25N3O4. The number of nitrogens with zero attached hydrogens (tertiary/aromatic N) is 2. The van der Waals surface area contributed by atoms with Crippen LogP contribution in [0.4, 0.5) is 5.69 Å². The Morgan fingerprint density at radius 2 is 1.93 bits per heavy atom. The fourth-order valence-electron chi connectivity index (χ4n) is 3.33. The first kappa shape index (κ1) is 21.2. The monoisotopic (exact) mass is 407 g/mol. The number of hydrogen-bond acceptors (Lipinski definition) is 5. The van der Waals surface area contributed by atoms with Crippen LogP contribution in [0.25, 0.3) is 6.08 Å². The average molecular weight is 407 g/mol. The highest BCUT2D eigenvalue weighted by atomic mass is 16.5. The molecule has 0 bridgehead atoms. The number of amides is 1. The lowest BCUT2D eigenvalue weighted by molar-refractivity contribution is -0.148. The number of anilines is 1. The summed E-state index contributed by atoms with van der Waals surface area (Å²) in [4.78, 5) is 24.8. The highest BCUT2D eigenvalue weighted by Gasteiger charge is 2.27. The Hall–Kier alpha value is -3.53. The fourth-order valence-corrected chi connectivity index (χ4v) is 3.33. The minimum Gasteiger partial charge on any atom is -0.497 e. The van der Waals surface area contributed by atoms with Gasteiger partial charge in [-0.25, -0.2) is 4.79 Å². The van der Waals surface area contributed by atoms with Crippen molar-refractivity contribution in [3.8, 4) is 11.8 Å². The highest BCUT2D eigenvalue weighted by Crippen LogP contribution is 2.38. The normalized spacial score (nSPS) is 14.6. The molecule has 1 fully saturated rings. The van der Waals surface area contributed by atoms with Gasteiger partial charge in [-0.3, -0.25) is 4.79 Å². The molecule has 1 aromatic heterocycles. The molecule has 1 heterocycles. The van der Waals surface area contributed by atoms with Crippen LogP contribution in [0, 0.1) is 25.2 Å². The third kappa shape index (κ3) is 4.71. The first-order chi connectivity index (χ1) is 14.3. The van der Waals surface area contributed by atoms with E-state index in [4.69, 9.17) is 9.47 Å². The molecule has 0 radical (unpaired) electrons. The number of esters is 1. The van der Waals surface area contributed by atoms with Gasteiger partial charge in [0.05, 0.1) is 7.11 Å². The van der Waals surface area contributed by atoms with Crippen LogP contribution in [-0.2, 0) is 14.3 Å². The Morgan fingerprint density at radius 1 is 1.27 bits per heavy atom. The van der Waals surface area contributed by atoms with Crippen LogP contribution < -0.4 is 10.1 Å². The van der Waals surface area contributed by atoms with Crippen molar-refractivity contribution in [1.82, 2.24) is 4.57 Å². The van der Waals surface area contributed by atoms with Gasteiger partial charge in [0.25, 0.3) is 5.91 Å². The number of aryl methyl sites for hydroxylation is 1. The molecular weight excluding hydrogens is 382 g/mol. The van der Waals surface area contributed by atoms with Crippen molar-refractivity contribution in [1.29, 1.82) is 5.26 Å². The maximum Gasteiger partial charge on any atom is 0.349 e. The van der Waals surface area contributed by atoms with Crippen molar-refractivity contribution in [3.63, 3.8) is 0 Å². The smallest absolute Gasteiger partial charge is 0.349 e. The Kier molecular flexibility index (Phi) is 6.26. The molecule has 0 unspecified atom stereocenters. The summed E-state index contributed by atoms with van der Waals surface area (Å²) in [6, 6.07) is 11.1. The van der Waals surface area contributed by atoms with Crippen LogP contribution in [0.1, 0.15) is 42.8 Å². The van der Waals surface area contributed by atoms with Crippen molar-refractivity contribution >= 4 is 23.6 Å². The lowest BCUT2D eigenvalue weighted by Crippen LogP contribution is -2.30. The molecule has 3 rings (SSSR count). The average Bonchev–Trinajstić information content (AvgIpc) is 3.52. The first-order valence-electron chi connectivity index (χ1n) is 9.80. The molecule has 1 atom stereocenters. The van der Waals surface area contributed by atoms with Gasteiger partial charge < -0.3 is 19.4 Å². The van der Waals surface area contributed by atoms with E-state index in [2.05, 4.69) is 9.88 Å². The quantitative estimate of drug-likeness (QED) is 0.426. The van der Waals surface area contributed by atoms with Crippen LogP contribution in [0.3, 0.4) is 0 Å². The van der Waals surface area contributed by atoms with Gasteiger partial charge in [0.2, 0.25) is 0 Å². The molecule has 0 aliphatic heterocycles. The van der Waals surface area contributed by atoms with Gasteiger partial charge in [-0.05, 0) is 75.6 Å². The van der Waals surface area contributed by atoms with E-state index in [-0.39, 0.29) is 5.57 Å². The van der Waals surface area contributed by atoms with Crippen molar-refractivity contribution in [2.75, 3.05) is 12.4 Å². The predicted molar refractivity (Wildman–Crippen MR) is 113 cm³/mol. The molecule has 7 nitrogen and oxygen atoms in total. The summed E-state index contributed by atoms with van der Waals surface area (Å²) in [5.74, 6) is -0.652. The zero-order valence-electron chi connectivity index (χ0n) is 17.6. The number of nitrogens with one attached hydrogen (secondary N) is 1. The predicted octanol–water partition coefficient (Wildman–Crippen LogP) is 3.93. The summed E-state index contributed by atoms with van der Waals surface area (Å²) in [5, 5.41) is 12.1. The van der Waals surface area contributed by atoms with E-state index in [1.54, 1.807) is 31.4 Å².